The molecule has 3 unspecified atom stereocenters. The zero-order valence-electron chi connectivity index (χ0n) is 12.6. The van der Waals surface area contributed by atoms with Gasteiger partial charge in [0.1, 0.15) is 5.82 Å². The molecule has 1 aliphatic rings. The molecule has 0 aromatic heterocycles. The van der Waals surface area contributed by atoms with Gasteiger partial charge in [0, 0.05) is 25.6 Å². The van der Waals surface area contributed by atoms with E-state index in [2.05, 4.69) is 11.5 Å². The Morgan fingerprint density at radius 3 is 2.48 bits per heavy atom. The van der Waals surface area contributed by atoms with Gasteiger partial charge in [0.2, 0.25) is 0 Å². The SMILES string of the molecule is C=CC(=O)CC(c1ccc(F)cc1)N1CC(C)OC(C)C1. The fourth-order valence-electron chi connectivity index (χ4n) is 2.89. The number of morpholine rings is 1. The summed E-state index contributed by atoms with van der Waals surface area (Å²) in [6.07, 6.45) is 1.95. The summed E-state index contributed by atoms with van der Waals surface area (Å²) in [7, 11) is 0. The van der Waals surface area contributed by atoms with Crippen LogP contribution in [0.2, 0.25) is 0 Å². The van der Waals surface area contributed by atoms with E-state index < -0.39 is 0 Å². The number of benzene rings is 1. The van der Waals surface area contributed by atoms with Crippen LogP contribution < -0.4 is 0 Å². The summed E-state index contributed by atoms with van der Waals surface area (Å²) in [5.41, 5.74) is 0.952. The van der Waals surface area contributed by atoms with Crippen molar-refractivity contribution in [1.29, 1.82) is 0 Å². The van der Waals surface area contributed by atoms with E-state index in [1.54, 1.807) is 12.1 Å². The first-order chi connectivity index (χ1) is 9.99. The molecular formula is C17H22FNO2. The molecule has 1 fully saturated rings. The molecular weight excluding hydrogens is 269 g/mol. The number of allylic oxidation sites excluding steroid dienone is 1. The topological polar surface area (TPSA) is 29.5 Å². The molecule has 0 saturated carbocycles. The lowest BCUT2D eigenvalue weighted by molar-refractivity contribution is -0.118. The summed E-state index contributed by atoms with van der Waals surface area (Å²) >= 11 is 0. The summed E-state index contributed by atoms with van der Waals surface area (Å²) in [6.45, 7) is 9.12. The lowest BCUT2D eigenvalue weighted by Crippen LogP contribution is -2.47. The van der Waals surface area contributed by atoms with Gasteiger partial charge in [-0.3, -0.25) is 9.69 Å². The highest BCUT2D eigenvalue weighted by molar-refractivity contribution is 5.89. The van der Waals surface area contributed by atoms with E-state index in [1.807, 2.05) is 13.8 Å². The summed E-state index contributed by atoms with van der Waals surface area (Å²) in [4.78, 5) is 14.1. The van der Waals surface area contributed by atoms with Gasteiger partial charge >= 0.3 is 0 Å². The van der Waals surface area contributed by atoms with Crippen LogP contribution in [0.4, 0.5) is 4.39 Å². The minimum atomic E-state index is -0.267. The van der Waals surface area contributed by atoms with Crippen LogP contribution in [0.3, 0.4) is 0 Å². The van der Waals surface area contributed by atoms with Crippen molar-refractivity contribution in [2.24, 2.45) is 0 Å². The first-order valence-corrected chi connectivity index (χ1v) is 7.30. The van der Waals surface area contributed by atoms with Crippen LogP contribution in [0.1, 0.15) is 31.9 Å². The van der Waals surface area contributed by atoms with E-state index >= 15 is 0 Å². The predicted molar refractivity (Wildman–Crippen MR) is 80.5 cm³/mol. The van der Waals surface area contributed by atoms with Gasteiger partial charge in [-0.15, -0.1) is 0 Å². The molecule has 3 atom stereocenters. The van der Waals surface area contributed by atoms with Crippen molar-refractivity contribution in [2.45, 2.75) is 38.5 Å². The fraction of sp³-hybridized carbons (Fsp3) is 0.471. The van der Waals surface area contributed by atoms with Crippen LogP contribution in [0.25, 0.3) is 0 Å². The maximum absolute atomic E-state index is 13.1. The molecule has 21 heavy (non-hydrogen) atoms. The Morgan fingerprint density at radius 2 is 1.95 bits per heavy atom. The Bertz CT molecular complexity index is 490. The third-order valence-corrected chi connectivity index (χ3v) is 3.77. The van der Waals surface area contributed by atoms with E-state index in [4.69, 9.17) is 4.74 Å². The van der Waals surface area contributed by atoms with Crippen molar-refractivity contribution in [3.05, 3.63) is 48.3 Å². The third kappa shape index (κ3) is 4.22. The van der Waals surface area contributed by atoms with Gasteiger partial charge in [-0.05, 0) is 37.6 Å². The highest BCUT2D eigenvalue weighted by atomic mass is 19.1. The maximum Gasteiger partial charge on any atom is 0.157 e. The van der Waals surface area contributed by atoms with Gasteiger partial charge in [0.25, 0.3) is 0 Å². The van der Waals surface area contributed by atoms with Crippen molar-refractivity contribution in [1.82, 2.24) is 4.90 Å². The lowest BCUT2D eigenvalue weighted by Gasteiger charge is -2.40. The summed E-state index contributed by atoms with van der Waals surface area (Å²) in [5, 5.41) is 0. The number of hydrogen-bond donors (Lipinski definition) is 0. The van der Waals surface area contributed by atoms with Gasteiger partial charge < -0.3 is 4.74 Å². The van der Waals surface area contributed by atoms with Crippen molar-refractivity contribution < 1.29 is 13.9 Å². The van der Waals surface area contributed by atoms with Gasteiger partial charge in [0.05, 0.1) is 12.2 Å². The molecule has 2 rings (SSSR count). The quantitative estimate of drug-likeness (QED) is 0.781. The second-order valence-corrected chi connectivity index (χ2v) is 5.65. The van der Waals surface area contributed by atoms with E-state index in [9.17, 15) is 9.18 Å². The van der Waals surface area contributed by atoms with Crippen LogP contribution in [0.5, 0.6) is 0 Å². The van der Waals surface area contributed by atoms with Crippen molar-refractivity contribution >= 4 is 5.78 Å². The summed E-state index contributed by atoms with van der Waals surface area (Å²) in [5.74, 6) is -0.271. The van der Waals surface area contributed by atoms with Crippen LogP contribution in [0, 0.1) is 5.82 Å². The van der Waals surface area contributed by atoms with Crippen LogP contribution >= 0.6 is 0 Å². The Morgan fingerprint density at radius 1 is 1.38 bits per heavy atom. The number of ketones is 1. The largest absolute Gasteiger partial charge is 0.373 e. The first-order valence-electron chi connectivity index (χ1n) is 7.30. The second kappa shape index (κ2) is 6.96. The van der Waals surface area contributed by atoms with E-state index in [0.717, 1.165) is 18.7 Å². The lowest BCUT2D eigenvalue weighted by atomic mass is 9.98. The van der Waals surface area contributed by atoms with E-state index in [1.165, 1.54) is 18.2 Å². The number of hydrogen-bond acceptors (Lipinski definition) is 3. The number of carbonyl (C=O) groups excluding carboxylic acids is 1. The zero-order valence-corrected chi connectivity index (χ0v) is 12.6. The molecule has 0 aliphatic carbocycles. The molecule has 4 heteroatoms. The molecule has 3 nitrogen and oxygen atoms in total. The Balaban J connectivity index is 2.24. The standard InChI is InChI=1S/C17H22FNO2/c1-4-16(20)9-17(14-5-7-15(18)8-6-14)19-10-12(2)21-13(3)11-19/h4-8,12-13,17H,1,9-11H2,2-3H3. The smallest absolute Gasteiger partial charge is 0.157 e. The maximum atomic E-state index is 13.1. The Labute approximate surface area is 125 Å². The first kappa shape index (κ1) is 15.9. The van der Waals surface area contributed by atoms with Gasteiger partial charge in [0.15, 0.2) is 5.78 Å². The number of ether oxygens (including phenoxy) is 1. The molecule has 1 saturated heterocycles. The number of rotatable bonds is 5. The van der Waals surface area contributed by atoms with Crippen LogP contribution in [-0.2, 0) is 9.53 Å². The summed E-state index contributed by atoms with van der Waals surface area (Å²) < 4.78 is 18.9. The molecule has 0 radical (unpaired) electrons. The molecule has 0 N–H and O–H groups in total. The molecule has 1 aliphatic heterocycles. The normalized spacial score (nSPS) is 24.5. The molecule has 0 amide bonds. The number of carbonyl (C=O) groups is 1. The molecule has 0 spiro atoms. The molecule has 1 heterocycles. The average Bonchev–Trinajstić information content (AvgIpc) is 2.44. The van der Waals surface area contributed by atoms with E-state index in [0.29, 0.717) is 6.42 Å². The zero-order chi connectivity index (χ0) is 15.4. The van der Waals surface area contributed by atoms with Gasteiger partial charge in [-0.25, -0.2) is 4.39 Å². The third-order valence-electron chi connectivity index (χ3n) is 3.77. The van der Waals surface area contributed by atoms with Crippen molar-refractivity contribution in [3.63, 3.8) is 0 Å². The molecule has 114 valence electrons. The Kier molecular flexibility index (Phi) is 5.26. The molecule has 1 aromatic rings. The minimum Gasteiger partial charge on any atom is -0.373 e. The van der Waals surface area contributed by atoms with Crippen LogP contribution in [-0.4, -0.2) is 36.0 Å². The number of halogens is 1. The fourth-order valence-corrected chi connectivity index (χ4v) is 2.89. The van der Waals surface area contributed by atoms with Crippen LogP contribution in [0.15, 0.2) is 36.9 Å². The van der Waals surface area contributed by atoms with Gasteiger partial charge in [-0.2, -0.15) is 0 Å². The van der Waals surface area contributed by atoms with Crippen molar-refractivity contribution in [3.8, 4) is 0 Å². The average molecular weight is 291 g/mol. The highest BCUT2D eigenvalue weighted by Gasteiger charge is 2.29. The van der Waals surface area contributed by atoms with Gasteiger partial charge in [-0.1, -0.05) is 18.7 Å². The molecule has 1 aromatic carbocycles. The second-order valence-electron chi connectivity index (χ2n) is 5.65. The van der Waals surface area contributed by atoms with Crippen molar-refractivity contribution in [2.75, 3.05) is 13.1 Å². The Hall–Kier alpha value is -1.52. The van der Waals surface area contributed by atoms with E-state index in [-0.39, 0.29) is 29.9 Å². The minimum absolute atomic E-state index is 0.00359. The predicted octanol–water partition coefficient (Wildman–Crippen LogP) is 3.12. The number of nitrogens with zero attached hydrogens (tertiary/aromatic N) is 1. The monoisotopic (exact) mass is 291 g/mol. The highest BCUT2D eigenvalue weighted by Crippen LogP contribution is 2.28. The summed E-state index contributed by atoms with van der Waals surface area (Å²) in [6, 6.07) is 6.31. The molecule has 0 bridgehead atoms.